The van der Waals surface area contributed by atoms with Gasteiger partial charge in [0.15, 0.2) is 12.4 Å². The number of amides is 1. The minimum atomic E-state index is -0.0868. The highest BCUT2D eigenvalue weighted by Gasteiger charge is 2.28. The first-order valence-corrected chi connectivity index (χ1v) is 9.68. The molecule has 29 heavy (non-hydrogen) atoms. The lowest BCUT2D eigenvalue weighted by atomic mass is 9.96. The first-order valence-electron chi connectivity index (χ1n) is 9.68. The van der Waals surface area contributed by atoms with Crippen LogP contribution in [0.1, 0.15) is 52.2 Å². The maximum absolute atomic E-state index is 12.6. The molecule has 0 spiro atoms. The lowest BCUT2D eigenvalue weighted by Gasteiger charge is -2.30. The second-order valence-electron chi connectivity index (χ2n) is 7.26. The first-order chi connectivity index (χ1) is 14.1. The van der Waals surface area contributed by atoms with Crippen LogP contribution >= 0.6 is 0 Å². The van der Waals surface area contributed by atoms with Gasteiger partial charge in [0.2, 0.25) is 0 Å². The van der Waals surface area contributed by atoms with Gasteiger partial charge in [-0.05, 0) is 38.8 Å². The summed E-state index contributed by atoms with van der Waals surface area (Å²) in [5.74, 6) is 1.97. The molecule has 0 bridgehead atoms. The molecule has 150 valence electrons. The number of nitrogens with zero attached hydrogens (tertiary/aromatic N) is 5. The number of piperidine rings is 1. The zero-order valence-corrected chi connectivity index (χ0v) is 16.5. The molecule has 1 aromatic carbocycles. The van der Waals surface area contributed by atoms with E-state index in [0.717, 1.165) is 24.3 Å². The second-order valence-corrected chi connectivity index (χ2v) is 7.26. The highest BCUT2D eigenvalue weighted by Crippen LogP contribution is 2.26. The highest BCUT2D eigenvalue weighted by molar-refractivity contribution is 5.92. The number of ether oxygens (including phenoxy) is 1. The number of aryl methyl sites for hydroxylation is 2. The van der Waals surface area contributed by atoms with Crippen molar-refractivity contribution in [2.24, 2.45) is 0 Å². The van der Waals surface area contributed by atoms with Crippen molar-refractivity contribution < 1.29 is 14.1 Å². The maximum atomic E-state index is 12.6. The summed E-state index contributed by atoms with van der Waals surface area (Å²) < 4.78 is 11.0. The summed E-state index contributed by atoms with van der Waals surface area (Å²) in [6, 6.07) is 7.81. The van der Waals surface area contributed by atoms with Crippen molar-refractivity contribution in [3.63, 3.8) is 0 Å². The van der Waals surface area contributed by atoms with Gasteiger partial charge in [0.25, 0.3) is 11.8 Å². The molecule has 3 aromatic rings. The number of hydrogen-bond acceptors (Lipinski definition) is 7. The van der Waals surface area contributed by atoms with Gasteiger partial charge in [-0.1, -0.05) is 22.9 Å². The fraction of sp³-hybridized carbons (Fsp3) is 0.381. The molecule has 0 atom stereocenters. The Kier molecular flexibility index (Phi) is 5.50. The van der Waals surface area contributed by atoms with Gasteiger partial charge in [-0.15, -0.1) is 0 Å². The largest absolute Gasteiger partial charge is 0.484 e. The van der Waals surface area contributed by atoms with Gasteiger partial charge >= 0.3 is 0 Å². The van der Waals surface area contributed by atoms with Crippen molar-refractivity contribution in [3.8, 4) is 5.75 Å². The van der Waals surface area contributed by atoms with E-state index in [-0.39, 0.29) is 18.4 Å². The van der Waals surface area contributed by atoms with Gasteiger partial charge in [0, 0.05) is 25.2 Å². The SMILES string of the molecule is Cc1ccc(OCc2nc(C3CCN(C(=O)c4cnc(C)cn4)CC3)no2)cc1. The van der Waals surface area contributed by atoms with Gasteiger partial charge in [-0.3, -0.25) is 9.78 Å². The molecule has 2 aromatic heterocycles. The Morgan fingerprint density at radius 2 is 1.90 bits per heavy atom. The quantitative estimate of drug-likeness (QED) is 0.657. The maximum Gasteiger partial charge on any atom is 0.274 e. The summed E-state index contributed by atoms with van der Waals surface area (Å²) in [6.07, 6.45) is 4.70. The molecule has 1 amide bonds. The predicted octanol–water partition coefficient (Wildman–Crippen LogP) is 3.08. The summed E-state index contributed by atoms with van der Waals surface area (Å²) in [5.41, 5.74) is 2.35. The molecule has 3 heterocycles. The first kappa shape index (κ1) is 19.0. The van der Waals surface area contributed by atoms with Gasteiger partial charge in [0.05, 0.1) is 11.9 Å². The molecule has 1 aliphatic heterocycles. The number of aromatic nitrogens is 4. The average molecular weight is 393 g/mol. The molecule has 1 aliphatic rings. The number of carbonyl (C=O) groups excluding carboxylic acids is 1. The molecule has 0 N–H and O–H groups in total. The van der Waals surface area contributed by atoms with Crippen LogP contribution in [0.5, 0.6) is 5.75 Å². The zero-order chi connectivity index (χ0) is 20.2. The Labute approximate surface area is 168 Å². The van der Waals surface area contributed by atoms with Gasteiger partial charge in [0.1, 0.15) is 11.4 Å². The van der Waals surface area contributed by atoms with Crippen LogP contribution in [0.4, 0.5) is 0 Å². The molecule has 0 radical (unpaired) electrons. The number of benzene rings is 1. The summed E-state index contributed by atoms with van der Waals surface area (Å²) in [5, 5.41) is 4.11. The Morgan fingerprint density at radius 1 is 1.14 bits per heavy atom. The van der Waals surface area contributed by atoms with E-state index in [2.05, 4.69) is 20.1 Å². The minimum absolute atomic E-state index is 0.0868. The van der Waals surface area contributed by atoms with Crippen molar-refractivity contribution in [2.45, 2.75) is 39.2 Å². The van der Waals surface area contributed by atoms with Crippen molar-refractivity contribution in [1.29, 1.82) is 0 Å². The summed E-state index contributed by atoms with van der Waals surface area (Å²) in [7, 11) is 0. The standard InChI is InChI=1S/C21H23N5O3/c1-14-3-5-17(6-4-14)28-13-19-24-20(25-29-19)16-7-9-26(10-8-16)21(27)18-12-22-15(2)11-23-18/h3-6,11-12,16H,7-10,13H2,1-2H3. The van der Waals surface area contributed by atoms with Crippen LogP contribution in [0.15, 0.2) is 41.2 Å². The monoisotopic (exact) mass is 393 g/mol. The topological polar surface area (TPSA) is 94.2 Å². The molecule has 1 fully saturated rings. The van der Waals surface area contributed by atoms with Crippen molar-refractivity contribution in [1.82, 2.24) is 25.0 Å². The molecule has 4 rings (SSSR count). The van der Waals surface area contributed by atoms with E-state index in [9.17, 15) is 4.79 Å². The third-order valence-electron chi connectivity index (χ3n) is 5.01. The van der Waals surface area contributed by atoms with E-state index in [1.165, 1.54) is 11.8 Å². The average Bonchev–Trinajstić information content (AvgIpc) is 3.23. The number of hydrogen-bond donors (Lipinski definition) is 0. The van der Waals surface area contributed by atoms with Crippen molar-refractivity contribution in [3.05, 3.63) is 65.3 Å². The van der Waals surface area contributed by atoms with E-state index < -0.39 is 0 Å². The smallest absolute Gasteiger partial charge is 0.274 e. The van der Waals surface area contributed by atoms with E-state index in [4.69, 9.17) is 9.26 Å². The van der Waals surface area contributed by atoms with E-state index in [1.54, 1.807) is 11.1 Å². The van der Waals surface area contributed by atoms with Crippen LogP contribution in [0.3, 0.4) is 0 Å². The van der Waals surface area contributed by atoms with Gasteiger partial charge in [-0.25, -0.2) is 4.98 Å². The molecule has 0 saturated carbocycles. The van der Waals surface area contributed by atoms with E-state index >= 15 is 0 Å². The van der Waals surface area contributed by atoms with Crippen LogP contribution in [0, 0.1) is 13.8 Å². The van der Waals surface area contributed by atoms with Crippen LogP contribution < -0.4 is 4.74 Å². The van der Waals surface area contributed by atoms with Crippen LogP contribution in [-0.2, 0) is 6.61 Å². The van der Waals surface area contributed by atoms with Crippen LogP contribution in [0.2, 0.25) is 0 Å². The summed E-state index contributed by atoms with van der Waals surface area (Å²) >= 11 is 0. The lowest BCUT2D eigenvalue weighted by molar-refractivity contribution is 0.0704. The predicted molar refractivity (Wildman–Crippen MR) is 104 cm³/mol. The van der Waals surface area contributed by atoms with Gasteiger partial charge in [-0.2, -0.15) is 4.98 Å². The Bertz CT molecular complexity index is 961. The van der Waals surface area contributed by atoms with E-state index in [0.29, 0.717) is 30.5 Å². The lowest BCUT2D eigenvalue weighted by Crippen LogP contribution is -2.38. The molecule has 8 heteroatoms. The molecule has 1 saturated heterocycles. The number of carbonyl (C=O) groups is 1. The summed E-state index contributed by atoms with van der Waals surface area (Å²) in [6.45, 7) is 5.37. The molecular formula is C21H23N5O3. The van der Waals surface area contributed by atoms with Crippen LogP contribution in [0.25, 0.3) is 0 Å². The Morgan fingerprint density at radius 3 is 2.59 bits per heavy atom. The van der Waals surface area contributed by atoms with Crippen LogP contribution in [-0.4, -0.2) is 44.0 Å². The third-order valence-corrected chi connectivity index (χ3v) is 5.01. The Balaban J connectivity index is 1.30. The molecule has 0 aliphatic carbocycles. The minimum Gasteiger partial charge on any atom is -0.484 e. The fourth-order valence-electron chi connectivity index (χ4n) is 3.28. The normalized spacial score (nSPS) is 14.8. The number of likely N-dealkylation sites (tertiary alicyclic amines) is 1. The Hall–Kier alpha value is -3.29. The van der Waals surface area contributed by atoms with E-state index in [1.807, 2.05) is 38.1 Å². The number of rotatable bonds is 5. The van der Waals surface area contributed by atoms with Gasteiger partial charge < -0.3 is 14.2 Å². The molecule has 0 unspecified atom stereocenters. The van der Waals surface area contributed by atoms with Crippen molar-refractivity contribution >= 4 is 5.91 Å². The molecular weight excluding hydrogens is 370 g/mol. The third kappa shape index (κ3) is 4.59. The zero-order valence-electron chi connectivity index (χ0n) is 16.5. The molecule has 8 nitrogen and oxygen atoms in total. The van der Waals surface area contributed by atoms with Crippen molar-refractivity contribution in [2.75, 3.05) is 13.1 Å². The fourth-order valence-corrected chi connectivity index (χ4v) is 3.28. The highest BCUT2D eigenvalue weighted by atomic mass is 16.5. The summed E-state index contributed by atoms with van der Waals surface area (Å²) in [4.78, 5) is 27.2. The second kappa shape index (κ2) is 8.38.